The van der Waals surface area contributed by atoms with Gasteiger partial charge in [-0.2, -0.15) is 0 Å². The SMILES string of the molecule is Cc1oc(-c2ccc(Cl)cc2)nc1CSc1ncnc2nc[nH]c12. The zero-order valence-corrected chi connectivity index (χ0v) is 14.2. The number of aromatic amines is 1. The van der Waals surface area contributed by atoms with Gasteiger partial charge in [0.2, 0.25) is 5.89 Å². The summed E-state index contributed by atoms with van der Waals surface area (Å²) in [5.41, 5.74) is 3.28. The molecule has 120 valence electrons. The van der Waals surface area contributed by atoms with Gasteiger partial charge in [0.05, 0.1) is 12.0 Å². The van der Waals surface area contributed by atoms with E-state index < -0.39 is 0 Å². The fourth-order valence-corrected chi connectivity index (χ4v) is 3.35. The third-order valence-electron chi connectivity index (χ3n) is 3.52. The Labute approximate surface area is 146 Å². The van der Waals surface area contributed by atoms with E-state index in [-0.39, 0.29) is 0 Å². The van der Waals surface area contributed by atoms with Crippen LogP contribution in [0.5, 0.6) is 0 Å². The highest BCUT2D eigenvalue weighted by Crippen LogP contribution is 2.29. The van der Waals surface area contributed by atoms with E-state index >= 15 is 0 Å². The lowest BCUT2D eigenvalue weighted by molar-refractivity contribution is 0.540. The molecule has 8 heteroatoms. The van der Waals surface area contributed by atoms with E-state index in [1.165, 1.54) is 6.33 Å². The van der Waals surface area contributed by atoms with Crippen LogP contribution >= 0.6 is 23.4 Å². The minimum atomic E-state index is 0.592. The van der Waals surface area contributed by atoms with Crippen LogP contribution in [0.3, 0.4) is 0 Å². The minimum Gasteiger partial charge on any atom is -0.441 e. The molecular weight excluding hydrogens is 346 g/mol. The Kier molecular flexibility index (Phi) is 3.95. The Bertz CT molecular complexity index is 995. The number of imidazole rings is 1. The van der Waals surface area contributed by atoms with Gasteiger partial charge >= 0.3 is 0 Å². The maximum atomic E-state index is 5.92. The van der Waals surface area contributed by atoms with Crippen molar-refractivity contribution in [1.82, 2.24) is 24.9 Å². The summed E-state index contributed by atoms with van der Waals surface area (Å²) in [7, 11) is 0. The molecule has 0 spiro atoms. The van der Waals surface area contributed by atoms with Crippen molar-refractivity contribution in [3.63, 3.8) is 0 Å². The van der Waals surface area contributed by atoms with E-state index in [0.717, 1.165) is 27.6 Å². The lowest BCUT2D eigenvalue weighted by atomic mass is 10.2. The Morgan fingerprint density at radius 3 is 2.83 bits per heavy atom. The first-order valence-corrected chi connectivity index (χ1v) is 8.56. The van der Waals surface area contributed by atoms with Crippen LogP contribution < -0.4 is 0 Å². The molecule has 0 aliphatic rings. The second-order valence-corrected chi connectivity index (χ2v) is 6.50. The third kappa shape index (κ3) is 2.88. The topological polar surface area (TPSA) is 80.5 Å². The van der Waals surface area contributed by atoms with Crippen LogP contribution in [0.15, 0.2) is 46.4 Å². The average molecular weight is 358 g/mol. The molecule has 0 fully saturated rings. The molecule has 1 aromatic carbocycles. The Balaban J connectivity index is 1.57. The highest BCUT2D eigenvalue weighted by atomic mass is 35.5. The molecule has 0 atom stereocenters. The fraction of sp³-hybridized carbons (Fsp3) is 0.125. The van der Waals surface area contributed by atoms with Crippen molar-refractivity contribution in [1.29, 1.82) is 0 Å². The van der Waals surface area contributed by atoms with Crippen molar-refractivity contribution < 1.29 is 4.42 Å². The standard InChI is InChI=1S/C16H12ClN5OS/c1-9-12(22-15(23-9)10-2-4-11(17)5-3-10)6-24-16-13-14(19-7-18-13)20-8-21-16/h2-5,7-8H,6H2,1H3,(H,18,19,20,21). The molecule has 0 aliphatic carbocycles. The number of thioether (sulfide) groups is 1. The molecule has 1 N–H and O–H groups in total. The Morgan fingerprint density at radius 2 is 2.00 bits per heavy atom. The van der Waals surface area contributed by atoms with Crippen LogP contribution in [0, 0.1) is 6.92 Å². The van der Waals surface area contributed by atoms with Gasteiger partial charge in [-0.15, -0.1) is 0 Å². The number of rotatable bonds is 4. The van der Waals surface area contributed by atoms with E-state index in [0.29, 0.717) is 22.3 Å². The smallest absolute Gasteiger partial charge is 0.226 e. The second-order valence-electron chi connectivity index (χ2n) is 5.10. The summed E-state index contributed by atoms with van der Waals surface area (Å²) in [5.74, 6) is 2.03. The van der Waals surface area contributed by atoms with Gasteiger partial charge in [-0.05, 0) is 31.2 Å². The highest BCUT2D eigenvalue weighted by Gasteiger charge is 2.13. The number of nitrogens with one attached hydrogen (secondary N) is 1. The van der Waals surface area contributed by atoms with Gasteiger partial charge < -0.3 is 9.40 Å². The van der Waals surface area contributed by atoms with Gasteiger partial charge in [-0.25, -0.2) is 19.9 Å². The molecule has 4 rings (SSSR count). The summed E-state index contributed by atoms with van der Waals surface area (Å²) >= 11 is 7.48. The maximum absolute atomic E-state index is 5.92. The number of aromatic nitrogens is 5. The third-order valence-corrected chi connectivity index (χ3v) is 4.77. The number of hydrogen-bond acceptors (Lipinski definition) is 6. The summed E-state index contributed by atoms with van der Waals surface area (Å²) in [6.45, 7) is 1.91. The number of halogens is 1. The second kappa shape index (κ2) is 6.26. The first-order chi connectivity index (χ1) is 11.7. The molecule has 0 amide bonds. The normalized spacial score (nSPS) is 11.2. The first-order valence-electron chi connectivity index (χ1n) is 7.20. The lowest BCUT2D eigenvalue weighted by Gasteiger charge is -1.99. The van der Waals surface area contributed by atoms with Gasteiger partial charge in [0.1, 0.15) is 22.6 Å². The van der Waals surface area contributed by atoms with E-state index in [2.05, 4.69) is 24.9 Å². The monoisotopic (exact) mass is 357 g/mol. The molecule has 0 unspecified atom stereocenters. The number of hydrogen-bond donors (Lipinski definition) is 1. The van der Waals surface area contributed by atoms with Crippen molar-refractivity contribution in [2.24, 2.45) is 0 Å². The van der Waals surface area contributed by atoms with Crippen LogP contribution in [-0.2, 0) is 5.75 Å². The average Bonchev–Trinajstić information content (AvgIpc) is 3.20. The molecule has 0 bridgehead atoms. The number of benzene rings is 1. The van der Waals surface area contributed by atoms with Gasteiger partial charge in [0.15, 0.2) is 5.65 Å². The van der Waals surface area contributed by atoms with Crippen LogP contribution in [0.4, 0.5) is 0 Å². The molecule has 6 nitrogen and oxygen atoms in total. The lowest BCUT2D eigenvalue weighted by Crippen LogP contribution is -1.89. The maximum Gasteiger partial charge on any atom is 0.226 e. The molecule has 3 heterocycles. The number of aryl methyl sites for hydroxylation is 1. The Hall–Kier alpha value is -2.38. The molecule has 4 aromatic rings. The van der Waals surface area contributed by atoms with Crippen LogP contribution in [0.1, 0.15) is 11.5 Å². The molecule has 24 heavy (non-hydrogen) atoms. The summed E-state index contributed by atoms with van der Waals surface area (Å²) in [6, 6.07) is 7.42. The predicted molar refractivity (Wildman–Crippen MR) is 92.9 cm³/mol. The summed E-state index contributed by atoms with van der Waals surface area (Å²) in [5, 5.41) is 1.53. The van der Waals surface area contributed by atoms with Gasteiger partial charge in [-0.1, -0.05) is 23.4 Å². The van der Waals surface area contributed by atoms with Gasteiger partial charge in [-0.3, -0.25) is 0 Å². The molecule has 3 aromatic heterocycles. The number of fused-ring (bicyclic) bond motifs is 1. The van der Waals surface area contributed by atoms with Gasteiger partial charge in [0, 0.05) is 16.3 Å². The summed E-state index contributed by atoms with van der Waals surface area (Å²) < 4.78 is 5.78. The van der Waals surface area contributed by atoms with Crippen molar-refractivity contribution in [3.8, 4) is 11.5 Å². The highest BCUT2D eigenvalue weighted by molar-refractivity contribution is 7.98. The van der Waals surface area contributed by atoms with Gasteiger partial charge in [0.25, 0.3) is 0 Å². The number of oxazole rings is 1. The van der Waals surface area contributed by atoms with Crippen molar-refractivity contribution in [2.45, 2.75) is 17.7 Å². The Morgan fingerprint density at radius 1 is 1.17 bits per heavy atom. The fourth-order valence-electron chi connectivity index (χ4n) is 2.27. The minimum absolute atomic E-state index is 0.592. The van der Waals surface area contributed by atoms with Crippen molar-refractivity contribution in [2.75, 3.05) is 0 Å². The largest absolute Gasteiger partial charge is 0.441 e. The van der Waals surface area contributed by atoms with E-state index in [4.69, 9.17) is 16.0 Å². The van der Waals surface area contributed by atoms with E-state index in [9.17, 15) is 0 Å². The quantitative estimate of drug-likeness (QED) is 0.434. The molecule has 0 radical (unpaired) electrons. The summed E-state index contributed by atoms with van der Waals surface area (Å²) in [4.78, 5) is 20.2. The van der Waals surface area contributed by atoms with Crippen molar-refractivity contribution >= 4 is 34.5 Å². The van der Waals surface area contributed by atoms with Crippen LogP contribution in [0.25, 0.3) is 22.6 Å². The van der Waals surface area contributed by atoms with Crippen molar-refractivity contribution in [3.05, 3.63) is 53.4 Å². The zero-order valence-electron chi connectivity index (χ0n) is 12.7. The summed E-state index contributed by atoms with van der Waals surface area (Å²) in [6.07, 6.45) is 3.13. The predicted octanol–water partition coefficient (Wildman–Crippen LogP) is 4.26. The molecule has 0 saturated heterocycles. The van der Waals surface area contributed by atoms with Crippen LogP contribution in [0.2, 0.25) is 5.02 Å². The van der Waals surface area contributed by atoms with Crippen LogP contribution in [-0.4, -0.2) is 24.9 Å². The van der Waals surface area contributed by atoms with E-state index in [1.54, 1.807) is 18.1 Å². The van der Waals surface area contributed by atoms with E-state index in [1.807, 2.05) is 31.2 Å². The first kappa shape index (κ1) is 15.2. The molecule has 0 saturated carbocycles. The number of H-pyrrole nitrogens is 1. The molecular formula is C16H12ClN5OS. The molecule has 0 aliphatic heterocycles. The number of nitrogens with zero attached hydrogens (tertiary/aromatic N) is 4. The zero-order chi connectivity index (χ0) is 16.5.